The Morgan fingerprint density at radius 3 is 2.41 bits per heavy atom. The average Bonchev–Trinajstić information content (AvgIpc) is 2.21. The first-order valence-electron chi connectivity index (χ1n) is 5.34. The van der Waals surface area contributed by atoms with Gasteiger partial charge in [-0.25, -0.2) is 0 Å². The summed E-state index contributed by atoms with van der Waals surface area (Å²) in [4.78, 5) is 11.9. The van der Waals surface area contributed by atoms with Gasteiger partial charge in [-0.2, -0.15) is 0 Å². The molecule has 0 bridgehead atoms. The van der Waals surface area contributed by atoms with Gasteiger partial charge in [-0.15, -0.1) is 0 Å². The van der Waals surface area contributed by atoms with E-state index in [0.717, 1.165) is 14.5 Å². The number of benzene rings is 1. The molecule has 0 spiro atoms. The second-order valence-corrected chi connectivity index (χ2v) is 7.90. The zero-order valence-electron chi connectivity index (χ0n) is 10.1. The summed E-state index contributed by atoms with van der Waals surface area (Å²) in [7, 11) is 0. The van der Waals surface area contributed by atoms with Crippen LogP contribution in [0.25, 0.3) is 0 Å². The monoisotopic (exact) mass is 424 g/mol. The second kappa shape index (κ2) is 5.98. The molecular formula is C13H15Br3O. The van der Waals surface area contributed by atoms with Gasteiger partial charge in [-0.05, 0) is 30.2 Å². The lowest BCUT2D eigenvalue weighted by molar-refractivity contribution is -0.125. The number of carbonyl (C=O) groups excluding carboxylic acids is 1. The van der Waals surface area contributed by atoms with Crippen molar-refractivity contribution in [3.8, 4) is 0 Å². The van der Waals surface area contributed by atoms with E-state index in [-0.39, 0.29) is 16.0 Å². The molecular weight excluding hydrogens is 412 g/mol. The summed E-state index contributed by atoms with van der Waals surface area (Å²) in [5.74, 6) is 0.226. The second-order valence-electron chi connectivity index (χ2n) is 5.02. The van der Waals surface area contributed by atoms with Crippen molar-refractivity contribution in [1.29, 1.82) is 0 Å². The molecule has 0 aliphatic carbocycles. The van der Waals surface area contributed by atoms with E-state index in [1.165, 1.54) is 0 Å². The number of rotatable bonds is 3. The third-order valence-corrected chi connectivity index (χ3v) is 4.44. The predicted molar refractivity (Wildman–Crippen MR) is 82.7 cm³/mol. The molecule has 17 heavy (non-hydrogen) atoms. The van der Waals surface area contributed by atoms with Crippen LogP contribution in [0.1, 0.15) is 26.3 Å². The van der Waals surface area contributed by atoms with E-state index in [2.05, 4.69) is 47.8 Å². The van der Waals surface area contributed by atoms with Crippen molar-refractivity contribution < 1.29 is 4.79 Å². The summed E-state index contributed by atoms with van der Waals surface area (Å²) in [5.41, 5.74) is 0.811. The molecule has 0 aliphatic heterocycles. The van der Waals surface area contributed by atoms with Crippen LogP contribution in [0, 0.1) is 5.41 Å². The summed E-state index contributed by atoms with van der Waals surface area (Å²) in [6, 6.07) is 6.00. The van der Waals surface area contributed by atoms with Crippen molar-refractivity contribution in [2.45, 2.75) is 32.0 Å². The summed E-state index contributed by atoms with van der Waals surface area (Å²) >= 11 is 10.4. The van der Waals surface area contributed by atoms with Crippen LogP contribution >= 0.6 is 47.8 Å². The number of ketones is 1. The van der Waals surface area contributed by atoms with Crippen LogP contribution in [-0.4, -0.2) is 10.6 Å². The Morgan fingerprint density at radius 1 is 1.29 bits per heavy atom. The fourth-order valence-corrected chi connectivity index (χ4v) is 3.31. The van der Waals surface area contributed by atoms with Crippen molar-refractivity contribution in [2.75, 3.05) is 0 Å². The third-order valence-electron chi connectivity index (χ3n) is 2.43. The summed E-state index contributed by atoms with van der Waals surface area (Å²) in [5, 5.41) is 0. The van der Waals surface area contributed by atoms with Crippen molar-refractivity contribution in [2.24, 2.45) is 5.41 Å². The Hall–Kier alpha value is 0.330. The van der Waals surface area contributed by atoms with Gasteiger partial charge in [0.05, 0.1) is 4.83 Å². The lowest BCUT2D eigenvalue weighted by Crippen LogP contribution is -2.30. The van der Waals surface area contributed by atoms with E-state index in [0.29, 0.717) is 6.42 Å². The van der Waals surface area contributed by atoms with Crippen molar-refractivity contribution in [3.63, 3.8) is 0 Å². The molecule has 4 heteroatoms. The quantitative estimate of drug-likeness (QED) is 0.612. The SMILES string of the molecule is CC(C)(C)C(=O)C(Br)Cc1cc(Br)ccc1Br. The third kappa shape index (κ3) is 4.49. The molecule has 1 aromatic rings. The van der Waals surface area contributed by atoms with Gasteiger partial charge in [-0.3, -0.25) is 4.79 Å². The van der Waals surface area contributed by atoms with Crippen molar-refractivity contribution in [1.82, 2.24) is 0 Å². The molecule has 0 heterocycles. The Labute approximate surface area is 128 Å². The first-order chi connectivity index (χ1) is 7.71. The van der Waals surface area contributed by atoms with Crippen LogP contribution in [0.3, 0.4) is 0 Å². The van der Waals surface area contributed by atoms with E-state index >= 15 is 0 Å². The van der Waals surface area contributed by atoms with Crippen molar-refractivity contribution >= 4 is 53.6 Å². The highest BCUT2D eigenvalue weighted by atomic mass is 79.9. The summed E-state index contributed by atoms with van der Waals surface area (Å²) in [6.07, 6.45) is 0.691. The minimum atomic E-state index is -0.313. The van der Waals surface area contributed by atoms with Gasteiger partial charge in [0.15, 0.2) is 5.78 Å². The molecule has 1 unspecified atom stereocenters. The molecule has 0 saturated heterocycles. The van der Waals surface area contributed by atoms with Crippen LogP contribution in [0.2, 0.25) is 0 Å². The molecule has 0 saturated carbocycles. The molecule has 1 atom stereocenters. The largest absolute Gasteiger partial charge is 0.298 e. The van der Waals surface area contributed by atoms with Crippen LogP contribution in [0.5, 0.6) is 0 Å². The van der Waals surface area contributed by atoms with Crippen LogP contribution in [0.4, 0.5) is 0 Å². The van der Waals surface area contributed by atoms with Gasteiger partial charge in [-0.1, -0.05) is 68.6 Å². The Morgan fingerprint density at radius 2 is 1.88 bits per heavy atom. The minimum absolute atomic E-state index is 0.145. The van der Waals surface area contributed by atoms with E-state index in [1.807, 2.05) is 39.0 Å². The van der Waals surface area contributed by atoms with Gasteiger partial charge < -0.3 is 0 Å². The van der Waals surface area contributed by atoms with Gasteiger partial charge >= 0.3 is 0 Å². The summed E-state index contributed by atoms with van der Waals surface area (Å²) in [6.45, 7) is 5.83. The maximum Gasteiger partial charge on any atom is 0.152 e. The van der Waals surface area contributed by atoms with Crippen LogP contribution < -0.4 is 0 Å². The molecule has 0 amide bonds. The van der Waals surface area contributed by atoms with Crippen LogP contribution in [0.15, 0.2) is 27.1 Å². The van der Waals surface area contributed by atoms with E-state index in [9.17, 15) is 4.79 Å². The molecule has 94 valence electrons. The molecule has 1 nitrogen and oxygen atoms in total. The maximum atomic E-state index is 12.1. The van der Waals surface area contributed by atoms with E-state index in [4.69, 9.17) is 0 Å². The number of hydrogen-bond acceptors (Lipinski definition) is 1. The molecule has 0 radical (unpaired) electrons. The van der Waals surface area contributed by atoms with Crippen LogP contribution in [-0.2, 0) is 11.2 Å². The van der Waals surface area contributed by atoms with Gasteiger partial charge in [0.1, 0.15) is 0 Å². The standard InChI is InChI=1S/C13H15Br3O/c1-13(2,3)12(17)11(16)7-8-6-9(14)4-5-10(8)15/h4-6,11H,7H2,1-3H3. The fraction of sp³-hybridized carbons (Fsp3) is 0.462. The topological polar surface area (TPSA) is 17.1 Å². The molecule has 0 N–H and O–H groups in total. The normalized spacial score (nSPS) is 13.5. The zero-order valence-corrected chi connectivity index (χ0v) is 14.8. The Kier molecular flexibility index (Phi) is 5.41. The summed E-state index contributed by atoms with van der Waals surface area (Å²) < 4.78 is 2.06. The first-order valence-corrected chi connectivity index (χ1v) is 7.84. The van der Waals surface area contributed by atoms with E-state index < -0.39 is 0 Å². The number of hydrogen-bond donors (Lipinski definition) is 0. The highest BCUT2D eigenvalue weighted by Crippen LogP contribution is 2.27. The first kappa shape index (κ1) is 15.4. The highest BCUT2D eigenvalue weighted by molar-refractivity contribution is 9.11. The molecule has 0 fully saturated rings. The lowest BCUT2D eigenvalue weighted by Gasteiger charge is -2.21. The zero-order chi connectivity index (χ0) is 13.2. The molecule has 1 aromatic carbocycles. The number of alkyl halides is 1. The average molecular weight is 427 g/mol. The number of halogens is 3. The van der Waals surface area contributed by atoms with E-state index in [1.54, 1.807) is 0 Å². The Balaban J connectivity index is 2.85. The van der Waals surface area contributed by atoms with Crippen molar-refractivity contribution in [3.05, 3.63) is 32.7 Å². The minimum Gasteiger partial charge on any atom is -0.298 e. The molecule has 0 aliphatic rings. The highest BCUT2D eigenvalue weighted by Gasteiger charge is 2.28. The fourth-order valence-electron chi connectivity index (χ4n) is 1.46. The molecule has 0 aromatic heterocycles. The predicted octanol–water partition coefficient (Wildman–Crippen LogP) is 5.13. The van der Waals surface area contributed by atoms with Gasteiger partial charge in [0, 0.05) is 14.4 Å². The smallest absolute Gasteiger partial charge is 0.152 e. The number of Topliss-reactive ketones (excluding diaryl/α,β-unsaturated/α-hetero) is 1. The maximum absolute atomic E-state index is 12.1. The lowest BCUT2D eigenvalue weighted by atomic mass is 9.87. The van der Waals surface area contributed by atoms with Gasteiger partial charge in [0.2, 0.25) is 0 Å². The number of carbonyl (C=O) groups is 1. The van der Waals surface area contributed by atoms with Gasteiger partial charge in [0.25, 0.3) is 0 Å². The molecule has 1 rings (SSSR count). The Bertz CT molecular complexity index is 421.